The van der Waals surface area contributed by atoms with Crippen molar-refractivity contribution in [2.45, 2.75) is 65.1 Å². The van der Waals surface area contributed by atoms with E-state index in [-0.39, 0.29) is 24.1 Å². The van der Waals surface area contributed by atoms with Crippen LogP contribution >= 0.6 is 11.3 Å². The van der Waals surface area contributed by atoms with E-state index >= 15 is 0 Å². The molecule has 2 amide bonds. The van der Waals surface area contributed by atoms with Crippen LogP contribution in [-0.2, 0) is 22.5 Å². The molecule has 2 aromatic rings. The Hall–Kier alpha value is -2.88. The number of allylic oxidation sites excluding steroid dienone is 1. The van der Waals surface area contributed by atoms with Crippen molar-refractivity contribution in [1.29, 1.82) is 0 Å². The molecule has 3 heterocycles. The Morgan fingerprint density at radius 1 is 1.41 bits per heavy atom. The van der Waals surface area contributed by atoms with Crippen molar-refractivity contribution in [3.8, 4) is 0 Å². The molecule has 2 aromatic heterocycles. The number of rotatable bonds is 10. The molecule has 0 saturated carbocycles. The lowest BCUT2D eigenvalue weighted by atomic mass is 10.1. The zero-order valence-electron chi connectivity index (χ0n) is 20.8. The van der Waals surface area contributed by atoms with Crippen LogP contribution in [-0.4, -0.2) is 63.6 Å². The molecule has 0 bridgehead atoms. The minimum Gasteiger partial charge on any atom is -0.453 e. The van der Waals surface area contributed by atoms with E-state index in [0.717, 1.165) is 54.5 Å². The Kier molecular flexibility index (Phi) is 8.71. The van der Waals surface area contributed by atoms with E-state index in [0.29, 0.717) is 13.1 Å². The average molecular weight is 489 g/mol. The number of aromatic nitrogens is 3. The Labute approximate surface area is 205 Å². The molecule has 2 atom stereocenters. The van der Waals surface area contributed by atoms with Crippen molar-refractivity contribution in [3.05, 3.63) is 46.1 Å². The minimum absolute atomic E-state index is 0.0566. The fourth-order valence-electron chi connectivity index (χ4n) is 4.55. The Balaban J connectivity index is 1.65. The lowest BCUT2D eigenvalue weighted by Crippen LogP contribution is -2.36. The van der Waals surface area contributed by atoms with Crippen LogP contribution in [0.1, 0.15) is 67.4 Å². The topological polar surface area (TPSA) is 92.6 Å². The third kappa shape index (κ3) is 5.97. The second-order valence-electron chi connectivity index (χ2n) is 8.73. The van der Waals surface area contributed by atoms with E-state index in [1.807, 2.05) is 19.4 Å². The van der Waals surface area contributed by atoms with Crippen LogP contribution in [0.15, 0.2) is 23.9 Å². The molecule has 0 fully saturated rings. The lowest BCUT2D eigenvalue weighted by molar-refractivity contribution is -0.119. The molecule has 0 radical (unpaired) electrons. The number of nitrogens with zero attached hydrogens (tertiary/aromatic N) is 5. The van der Waals surface area contributed by atoms with Crippen LogP contribution in [0.25, 0.3) is 0 Å². The molecule has 186 valence electrons. The number of methoxy groups -OCH3 is 1. The molecule has 0 aromatic carbocycles. The van der Waals surface area contributed by atoms with Gasteiger partial charge in [0.25, 0.3) is 0 Å². The van der Waals surface area contributed by atoms with Gasteiger partial charge < -0.3 is 24.4 Å². The predicted molar refractivity (Wildman–Crippen MR) is 132 cm³/mol. The first-order chi connectivity index (χ1) is 16.2. The second kappa shape index (κ2) is 11.5. The molecule has 0 spiro atoms. The van der Waals surface area contributed by atoms with Crippen LogP contribution in [0.4, 0.5) is 4.79 Å². The summed E-state index contributed by atoms with van der Waals surface area (Å²) in [6.45, 7) is 12.0. The van der Waals surface area contributed by atoms with Gasteiger partial charge in [-0.25, -0.2) is 14.8 Å². The number of carbonyl (C=O) groups excluding carboxylic acids is 2. The highest BCUT2D eigenvalue weighted by Gasteiger charge is 2.29. The van der Waals surface area contributed by atoms with E-state index in [9.17, 15) is 9.59 Å². The van der Waals surface area contributed by atoms with E-state index in [1.54, 1.807) is 22.4 Å². The van der Waals surface area contributed by atoms with Gasteiger partial charge in [-0.05, 0) is 19.8 Å². The molecule has 9 nitrogen and oxygen atoms in total. The van der Waals surface area contributed by atoms with Crippen molar-refractivity contribution in [2.24, 2.45) is 0 Å². The fourth-order valence-corrected chi connectivity index (χ4v) is 5.27. The van der Waals surface area contributed by atoms with Crippen molar-refractivity contribution in [2.75, 3.05) is 27.2 Å². The second-order valence-corrected chi connectivity index (χ2v) is 9.66. The zero-order valence-corrected chi connectivity index (χ0v) is 21.7. The molecular formula is C24H36N6O3S. The third-order valence-electron chi connectivity index (χ3n) is 6.39. The summed E-state index contributed by atoms with van der Waals surface area (Å²) in [7, 11) is 3.46. The largest absolute Gasteiger partial charge is 0.453 e. The summed E-state index contributed by atoms with van der Waals surface area (Å²) in [5.74, 6) is 0.910. The van der Waals surface area contributed by atoms with E-state index in [2.05, 4.69) is 33.3 Å². The highest BCUT2D eigenvalue weighted by molar-refractivity contribution is 7.09. The molecule has 1 N–H and O–H groups in total. The number of nitrogens with one attached hydrogen (secondary N) is 1. The van der Waals surface area contributed by atoms with E-state index in [4.69, 9.17) is 9.72 Å². The summed E-state index contributed by atoms with van der Waals surface area (Å²) in [4.78, 5) is 36.6. The van der Waals surface area contributed by atoms with Gasteiger partial charge in [0.05, 0.1) is 25.4 Å². The smallest absolute Gasteiger partial charge is 0.409 e. The monoisotopic (exact) mass is 488 g/mol. The third-order valence-corrected chi connectivity index (χ3v) is 7.28. The number of aryl methyl sites for hydroxylation is 1. The number of hydrogen-bond acceptors (Lipinski definition) is 7. The first-order valence-electron chi connectivity index (χ1n) is 11.7. The molecular weight excluding hydrogens is 452 g/mol. The maximum atomic E-state index is 11.9. The van der Waals surface area contributed by atoms with Gasteiger partial charge >= 0.3 is 6.09 Å². The zero-order chi connectivity index (χ0) is 24.8. The molecule has 1 aliphatic heterocycles. The van der Waals surface area contributed by atoms with Crippen LogP contribution in [0.2, 0.25) is 0 Å². The van der Waals surface area contributed by atoms with Crippen molar-refractivity contribution in [3.63, 3.8) is 0 Å². The Morgan fingerprint density at radius 3 is 2.79 bits per heavy atom. The standard InChI is InChI=1S/C24H36N6O3S/c1-7-19(30-17(3)26-21-15-29(24(32)33-6)12-9-22(21)30)14-16(2)28(5)11-8-20(27-18(4)31)23-25-10-13-34-23/h10,13,19-20H,2,7-9,11-12,14-15H2,1,3-6H3,(H,27,31). The molecule has 10 heteroatoms. The number of carbonyl (C=O) groups is 2. The van der Waals surface area contributed by atoms with E-state index < -0.39 is 0 Å². The normalized spacial score (nSPS) is 14.8. The van der Waals surface area contributed by atoms with Gasteiger partial charge in [-0.1, -0.05) is 13.5 Å². The summed E-state index contributed by atoms with van der Waals surface area (Å²) < 4.78 is 7.21. The first kappa shape index (κ1) is 25.7. The van der Waals surface area contributed by atoms with Gasteiger partial charge in [-0.2, -0.15) is 0 Å². The fraction of sp³-hybridized carbons (Fsp3) is 0.583. The quantitative estimate of drug-likeness (QED) is 0.546. The number of thiazole rings is 1. The summed E-state index contributed by atoms with van der Waals surface area (Å²) >= 11 is 1.55. The number of fused-ring (bicyclic) bond motifs is 1. The number of imidazole rings is 1. The van der Waals surface area contributed by atoms with Gasteiger partial charge in [0.15, 0.2) is 0 Å². The van der Waals surface area contributed by atoms with Crippen molar-refractivity contribution < 1.29 is 14.3 Å². The van der Waals surface area contributed by atoms with Gasteiger partial charge in [-0.3, -0.25) is 4.79 Å². The lowest BCUT2D eigenvalue weighted by Gasteiger charge is -2.30. The predicted octanol–water partition coefficient (Wildman–Crippen LogP) is 3.83. The maximum absolute atomic E-state index is 11.9. The number of amides is 2. The SMILES string of the molecule is C=C(CC(CC)n1c(C)nc2c1CCN(C(=O)OC)C2)N(C)CCC(NC(C)=O)c1nccs1. The molecule has 3 rings (SSSR count). The average Bonchev–Trinajstić information content (AvgIpc) is 3.46. The maximum Gasteiger partial charge on any atom is 0.409 e. The molecule has 34 heavy (non-hydrogen) atoms. The molecule has 0 saturated heterocycles. The summed E-state index contributed by atoms with van der Waals surface area (Å²) in [6, 6.07) is 0.136. The highest BCUT2D eigenvalue weighted by Crippen LogP contribution is 2.30. The van der Waals surface area contributed by atoms with Crippen molar-refractivity contribution in [1.82, 2.24) is 29.7 Å². The Bertz CT molecular complexity index is 1000. The van der Waals surface area contributed by atoms with Gasteiger partial charge in [-0.15, -0.1) is 11.3 Å². The molecule has 0 aliphatic carbocycles. The molecule has 1 aliphatic rings. The van der Waals surface area contributed by atoms with Crippen molar-refractivity contribution >= 4 is 23.3 Å². The van der Waals surface area contributed by atoms with Gasteiger partial charge in [0.2, 0.25) is 5.91 Å². The summed E-state index contributed by atoms with van der Waals surface area (Å²) in [6.07, 6.45) is 4.72. The van der Waals surface area contributed by atoms with E-state index in [1.165, 1.54) is 19.7 Å². The minimum atomic E-state index is -0.310. The Morgan fingerprint density at radius 2 is 2.18 bits per heavy atom. The van der Waals surface area contributed by atoms with Gasteiger partial charge in [0.1, 0.15) is 10.8 Å². The highest BCUT2D eigenvalue weighted by atomic mass is 32.1. The number of ether oxygens (including phenoxy) is 1. The van der Waals surface area contributed by atoms with Gasteiger partial charge in [0, 0.05) is 68.9 Å². The summed E-state index contributed by atoms with van der Waals surface area (Å²) in [5, 5.41) is 5.86. The first-order valence-corrected chi connectivity index (χ1v) is 12.6. The van der Waals surface area contributed by atoms with Crippen LogP contribution < -0.4 is 5.32 Å². The van der Waals surface area contributed by atoms with Crippen LogP contribution in [0.3, 0.4) is 0 Å². The van der Waals surface area contributed by atoms with Crippen LogP contribution in [0, 0.1) is 6.92 Å². The molecule has 2 unspecified atom stereocenters. The summed E-state index contributed by atoms with van der Waals surface area (Å²) in [5.41, 5.74) is 3.20. The van der Waals surface area contributed by atoms with Crippen LogP contribution in [0.5, 0.6) is 0 Å². The number of hydrogen-bond donors (Lipinski definition) is 1.